The molecule has 0 saturated carbocycles. The molecule has 0 aromatic heterocycles. The zero-order chi connectivity index (χ0) is 13.1. The fourth-order valence-corrected chi connectivity index (χ4v) is 2.44. The van der Waals surface area contributed by atoms with E-state index in [-0.39, 0.29) is 0 Å². The number of rotatable bonds is 3. The summed E-state index contributed by atoms with van der Waals surface area (Å²) < 4.78 is 0. The summed E-state index contributed by atoms with van der Waals surface area (Å²) in [5, 5.41) is 3.73. The Labute approximate surface area is 108 Å². The van der Waals surface area contributed by atoms with Gasteiger partial charge in [-0.3, -0.25) is 4.90 Å². The summed E-state index contributed by atoms with van der Waals surface area (Å²) in [6.07, 6.45) is 2.60. The van der Waals surface area contributed by atoms with Crippen molar-refractivity contribution >= 4 is 0 Å². The third-order valence-corrected chi connectivity index (χ3v) is 4.03. The van der Waals surface area contributed by atoms with E-state index in [1.165, 1.54) is 32.5 Å². The first-order chi connectivity index (χ1) is 7.80. The van der Waals surface area contributed by atoms with Crippen LogP contribution in [-0.4, -0.2) is 36.6 Å². The van der Waals surface area contributed by atoms with Crippen molar-refractivity contribution in [3.05, 3.63) is 0 Å². The van der Waals surface area contributed by atoms with Crippen LogP contribution in [0.25, 0.3) is 0 Å². The van der Waals surface area contributed by atoms with Crippen LogP contribution in [0.4, 0.5) is 0 Å². The number of hydrogen-bond donors (Lipinski definition) is 1. The second-order valence-electron chi connectivity index (χ2n) is 7.19. The highest BCUT2D eigenvalue weighted by molar-refractivity contribution is 4.88. The minimum absolute atomic E-state index is 0.361. The first-order valence-electron chi connectivity index (χ1n) is 7.28. The van der Waals surface area contributed by atoms with Crippen LogP contribution in [0.3, 0.4) is 0 Å². The molecule has 2 atom stereocenters. The molecule has 1 saturated heterocycles. The van der Waals surface area contributed by atoms with E-state index in [4.69, 9.17) is 0 Å². The normalized spacial score (nSPS) is 28.4. The Morgan fingerprint density at radius 1 is 1.29 bits per heavy atom. The molecule has 1 rings (SSSR count). The minimum atomic E-state index is 0.361. The summed E-state index contributed by atoms with van der Waals surface area (Å²) >= 11 is 0. The Hall–Kier alpha value is -0.0800. The first-order valence-corrected chi connectivity index (χ1v) is 7.28. The van der Waals surface area contributed by atoms with E-state index in [9.17, 15) is 0 Å². The van der Waals surface area contributed by atoms with Gasteiger partial charge in [0.15, 0.2) is 0 Å². The van der Waals surface area contributed by atoms with Crippen molar-refractivity contribution in [3.8, 4) is 0 Å². The summed E-state index contributed by atoms with van der Waals surface area (Å²) in [6.45, 7) is 17.7. The van der Waals surface area contributed by atoms with Crippen LogP contribution in [0, 0.1) is 11.3 Å². The summed E-state index contributed by atoms with van der Waals surface area (Å²) in [5.41, 5.74) is 0.361. The minimum Gasteiger partial charge on any atom is -0.312 e. The van der Waals surface area contributed by atoms with Crippen LogP contribution in [0.15, 0.2) is 0 Å². The van der Waals surface area contributed by atoms with Gasteiger partial charge >= 0.3 is 0 Å². The molecule has 0 spiro atoms. The van der Waals surface area contributed by atoms with Crippen molar-refractivity contribution in [1.82, 2.24) is 10.2 Å². The van der Waals surface area contributed by atoms with E-state index in [1.807, 2.05) is 0 Å². The molecular formula is C15H32N2. The summed E-state index contributed by atoms with van der Waals surface area (Å²) in [4.78, 5) is 2.69. The molecule has 102 valence electrons. The summed E-state index contributed by atoms with van der Waals surface area (Å²) in [6, 6.07) is 1.35. The molecule has 0 aliphatic carbocycles. The lowest BCUT2D eigenvalue weighted by Crippen LogP contribution is -2.47. The van der Waals surface area contributed by atoms with Crippen molar-refractivity contribution in [2.24, 2.45) is 11.3 Å². The summed E-state index contributed by atoms with van der Waals surface area (Å²) in [7, 11) is 0. The predicted molar refractivity (Wildman–Crippen MR) is 76.4 cm³/mol. The second-order valence-corrected chi connectivity index (χ2v) is 7.19. The van der Waals surface area contributed by atoms with Crippen LogP contribution in [0.1, 0.15) is 54.4 Å². The van der Waals surface area contributed by atoms with Crippen LogP contribution in [0.2, 0.25) is 0 Å². The standard InChI is InChI=1S/C15H32N2/c1-12(2)8-10-17-11-14(15(4,5)6)16-9-7-13(17)3/h12-14,16H,7-11H2,1-6H3. The van der Waals surface area contributed by atoms with Crippen LogP contribution >= 0.6 is 0 Å². The van der Waals surface area contributed by atoms with Crippen molar-refractivity contribution < 1.29 is 0 Å². The van der Waals surface area contributed by atoms with E-state index in [0.29, 0.717) is 11.5 Å². The average molecular weight is 240 g/mol. The lowest BCUT2D eigenvalue weighted by molar-refractivity contribution is 0.157. The fourth-order valence-electron chi connectivity index (χ4n) is 2.44. The monoisotopic (exact) mass is 240 g/mol. The molecule has 1 aliphatic heterocycles. The van der Waals surface area contributed by atoms with Gasteiger partial charge in [-0.05, 0) is 44.2 Å². The highest BCUT2D eigenvalue weighted by Gasteiger charge is 2.30. The van der Waals surface area contributed by atoms with Crippen molar-refractivity contribution in [1.29, 1.82) is 0 Å². The molecule has 0 aromatic carbocycles. The van der Waals surface area contributed by atoms with Crippen molar-refractivity contribution in [2.75, 3.05) is 19.6 Å². The van der Waals surface area contributed by atoms with Crippen LogP contribution in [-0.2, 0) is 0 Å². The molecule has 0 aromatic rings. The first kappa shape index (κ1) is 15.0. The molecule has 0 bridgehead atoms. The molecule has 1 heterocycles. The molecule has 2 unspecified atom stereocenters. The number of nitrogens with zero attached hydrogens (tertiary/aromatic N) is 1. The van der Waals surface area contributed by atoms with Gasteiger partial charge < -0.3 is 5.32 Å². The van der Waals surface area contributed by atoms with Gasteiger partial charge in [0.2, 0.25) is 0 Å². The van der Waals surface area contributed by atoms with Gasteiger partial charge in [-0.1, -0.05) is 34.6 Å². The van der Waals surface area contributed by atoms with E-state index in [1.54, 1.807) is 0 Å². The van der Waals surface area contributed by atoms with Gasteiger partial charge in [-0.15, -0.1) is 0 Å². The van der Waals surface area contributed by atoms with Gasteiger partial charge in [-0.2, -0.15) is 0 Å². The van der Waals surface area contributed by atoms with Crippen molar-refractivity contribution in [2.45, 2.75) is 66.5 Å². The third kappa shape index (κ3) is 4.97. The highest BCUT2D eigenvalue weighted by atomic mass is 15.2. The van der Waals surface area contributed by atoms with E-state index < -0.39 is 0 Å². The van der Waals surface area contributed by atoms with Gasteiger partial charge in [0.1, 0.15) is 0 Å². The Morgan fingerprint density at radius 3 is 2.47 bits per heavy atom. The quantitative estimate of drug-likeness (QED) is 0.815. The van der Waals surface area contributed by atoms with E-state index >= 15 is 0 Å². The van der Waals surface area contributed by atoms with E-state index in [0.717, 1.165) is 12.0 Å². The van der Waals surface area contributed by atoms with Crippen molar-refractivity contribution in [3.63, 3.8) is 0 Å². The predicted octanol–water partition coefficient (Wildman–Crippen LogP) is 3.13. The zero-order valence-electron chi connectivity index (χ0n) is 12.7. The molecule has 1 N–H and O–H groups in total. The lowest BCUT2D eigenvalue weighted by atomic mass is 9.86. The molecule has 0 amide bonds. The number of nitrogens with one attached hydrogen (secondary N) is 1. The second kappa shape index (κ2) is 6.19. The van der Waals surface area contributed by atoms with Crippen LogP contribution in [0.5, 0.6) is 0 Å². The fraction of sp³-hybridized carbons (Fsp3) is 1.00. The smallest absolute Gasteiger partial charge is 0.0243 e. The Balaban J connectivity index is 2.59. The van der Waals surface area contributed by atoms with E-state index in [2.05, 4.69) is 51.8 Å². The molecule has 17 heavy (non-hydrogen) atoms. The maximum absolute atomic E-state index is 3.73. The lowest BCUT2D eigenvalue weighted by Gasteiger charge is -2.35. The van der Waals surface area contributed by atoms with Crippen LogP contribution < -0.4 is 5.32 Å². The molecule has 1 fully saturated rings. The van der Waals surface area contributed by atoms with Gasteiger partial charge in [0, 0.05) is 18.6 Å². The maximum Gasteiger partial charge on any atom is 0.0243 e. The Morgan fingerprint density at radius 2 is 1.94 bits per heavy atom. The average Bonchev–Trinajstić information content (AvgIpc) is 2.36. The molecule has 1 aliphatic rings. The van der Waals surface area contributed by atoms with Gasteiger partial charge in [0.05, 0.1) is 0 Å². The van der Waals surface area contributed by atoms with Gasteiger partial charge in [0.25, 0.3) is 0 Å². The summed E-state index contributed by atoms with van der Waals surface area (Å²) in [5.74, 6) is 0.812. The Kier molecular flexibility index (Phi) is 5.46. The maximum atomic E-state index is 3.73. The molecule has 2 nitrogen and oxygen atoms in total. The topological polar surface area (TPSA) is 15.3 Å². The largest absolute Gasteiger partial charge is 0.312 e. The highest BCUT2D eigenvalue weighted by Crippen LogP contribution is 2.23. The van der Waals surface area contributed by atoms with Gasteiger partial charge in [-0.25, -0.2) is 0 Å². The molecular weight excluding hydrogens is 208 g/mol. The zero-order valence-corrected chi connectivity index (χ0v) is 12.7. The third-order valence-electron chi connectivity index (χ3n) is 4.03. The SMILES string of the molecule is CC(C)CCN1CC(C(C)(C)C)NCCC1C. The molecule has 2 heteroatoms. The Bertz CT molecular complexity index is 217. The molecule has 0 radical (unpaired) electrons. The number of hydrogen-bond acceptors (Lipinski definition) is 2.